The van der Waals surface area contributed by atoms with E-state index in [-0.39, 0.29) is 5.91 Å². The SMILES string of the molecule is COC(=O)c1cccnc1CN1CCNC(=O)C1. The Bertz CT molecular complexity index is 462. The van der Waals surface area contributed by atoms with Gasteiger partial charge in [0, 0.05) is 25.8 Å². The van der Waals surface area contributed by atoms with Crippen LogP contribution in [-0.4, -0.2) is 48.5 Å². The summed E-state index contributed by atoms with van der Waals surface area (Å²) in [6.45, 7) is 2.18. The molecule has 0 atom stereocenters. The van der Waals surface area contributed by atoms with Crippen LogP contribution in [0.5, 0.6) is 0 Å². The second kappa shape index (κ2) is 5.59. The molecule has 0 spiro atoms. The molecule has 1 fully saturated rings. The number of amides is 1. The summed E-state index contributed by atoms with van der Waals surface area (Å²) in [4.78, 5) is 29.0. The predicted octanol–water partition coefficient (Wildman–Crippen LogP) is -0.200. The summed E-state index contributed by atoms with van der Waals surface area (Å²) in [5.74, 6) is -0.406. The monoisotopic (exact) mass is 249 g/mol. The van der Waals surface area contributed by atoms with E-state index < -0.39 is 5.97 Å². The molecule has 0 unspecified atom stereocenters. The fraction of sp³-hybridized carbons (Fsp3) is 0.417. The summed E-state index contributed by atoms with van der Waals surface area (Å²) in [6.07, 6.45) is 1.63. The Morgan fingerprint density at radius 2 is 2.44 bits per heavy atom. The molecule has 1 aromatic rings. The number of hydrogen-bond donors (Lipinski definition) is 1. The molecule has 1 aromatic heterocycles. The van der Waals surface area contributed by atoms with Gasteiger partial charge >= 0.3 is 5.97 Å². The van der Waals surface area contributed by atoms with E-state index in [1.807, 2.05) is 4.90 Å². The minimum Gasteiger partial charge on any atom is -0.465 e. The molecule has 1 aliphatic heterocycles. The van der Waals surface area contributed by atoms with Crippen molar-refractivity contribution in [3.63, 3.8) is 0 Å². The van der Waals surface area contributed by atoms with Crippen molar-refractivity contribution >= 4 is 11.9 Å². The Hall–Kier alpha value is -1.95. The summed E-state index contributed by atoms with van der Waals surface area (Å²) in [5.41, 5.74) is 1.09. The van der Waals surface area contributed by atoms with Gasteiger partial charge in [-0.15, -0.1) is 0 Å². The summed E-state index contributed by atoms with van der Waals surface area (Å²) in [5, 5.41) is 2.75. The van der Waals surface area contributed by atoms with Gasteiger partial charge < -0.3 is 10.1 Å². The van der Waals surface area contributed by atoms with Gasteiger partial charge in [-0.2, -0.15) is 0 Å². The van der Waals surface area contributed by atoms with Crippen LogP contribution in [-0.2, 0) is 16.1 Å². The maximum atomic E-state index is 11.6. The zero-order valence-corrected chi connectivity index (χ0v) is 10.2. The van der Waals surface area contributed by atoms with Gasteiger partial charge in [-0.1, -0.05) is 0 Å². The molecule has 2 rings (SSSR count). The van der Waals surface area contributed by atoms with Gasteiger partial charge in [0.15, 0.2) is 0 Å². The van der Waals surface area contributed by atoms with Gasteiger partial charge in [0.2, 0.25) is 5.91 Å². The quantitative estimate of drug-likeness (QED) is 0.751. The summed E-state index contributed by atoms with van der Waals surface area (Å²) >= 11 is 0. The lowest BCUT2D eigenvalue weighted by Gasteiger charge is -2.26. The standard InChI is InChI=1S/C12H15N3O3/c1-18-12(17)9-3-2-4-13-10(9)7-15-6-5-14-11(16)8-15/h2-4H,5-8H2,1H3,(H,14,16). The number of carbonyl (C=O) groups excluding carboxylic acids is 2. The number of piperazine rings is 1. The molecule has 0 aliphatic carbocycles. The molecule has 1 amide bonds. The van der Waals surface area contributed by atoms with E-state index >= 15 is 0 Å². The highest BCUT2D eigenvalue weighted by Crippen LogP contribution is 2.10. The van der Waals surface area contributed by atoms with Crippen molar-refractivity contribution in [2.75, 3.05) is 26.7 Å². The number of esters is 1. The van der Waals surface area contributed by atoms with Gasteiger partial charge in [0.25, 0.3) is 0 Å². The number of nitrogens with one attached hydrogen (secondary N) is 1. The number of rotatable bonds is 3. The number of aromatic nitrogens is 1. The molecule has 0 radical (unpaired) electrons. The molecule has 1 saturated heterocycles. The Kier molecular flexibility index (Phi) is 3.88. The van der Waals surface area contributed by atoms with Crippen molar-refractivity contribution in [1.82, 2.24) is 15.2 Å². The van der Waals surface area contributed by atoms with Gasteiger partial charge in [-0.05, 0) is 12.1 Å². The number of methoxy groups -OCH3 is 1. The van der Waals surface area contributed by atoms with Crippen molar-refractivity contribution < 1.29 is 14.3 Å². The van der Waals surface area contributed by atoms with Crippen LogP contribution in [0.3, 0.4) is 0 Å². The first-order valence-corrected chi connectivity index (χ1v) is 5.72. The summed E-state index contributed by atoms with van der Waals surface area (Å²) in [7, 11) is 1.34. The maximum Gasteiger partial charge on any atom is 0.339 e. The molecule has 6 heteroatoms. The third kappa shape index (κ3) is 2.84. The summed E-state index contributed by atoms with van der Waals surface area (Å²) < 4.78 is 4.71. The van der Waals surface area contributed by atoms with Gasteiger partial charge in [-0.3, -0.25) is 14.7 Å². The van der Waals surface area contributed by atoms with Crippen LogP contribution < -0.4 is 5.32 Å². The topological polar surface area (TPSA) is 71.5 Å². The third-order valence-electron chi connectivity index (χ3n) is 2.79. The van der Waals surface area contributed by atoms with Crippen molar-refractivity contribution in [1.29, 1.82) is 0 Å². The van der Waals surface area contributed by atoms with Crippen molar-refractivity contribution in [2.24, 2.45) is 0 Å². The van der Waals surface area contributed by atoms with E-state index in [0.29, 0.717) is 30.9 Å². The molecule has 6 nitrogen and oxygen atoms in total. The van der Waals surface area contributed by atoms with Crippen LogP contribution in [0.1, 0.15) is 16.1 Å². The average molecular weight is 249 g/mol. The molecule has 0 saturated carbocycles. The van der Waals surface area contributed by atoms with E-state index in [4.69, 9.17) is 4.74 Å². The fourth-order valence-electron chi connectivity index (χ4n) is 1.90. The van der Waals surface area contributed by atoms with Crippen molar-refractivity contribution in [3.05, 3.63) is 29.6 Å². The van der Waals surface area contributed by atoms with E-state index in [0.717, 1.165) is 6.54 Å². The van der Waals surface area contributed by atoms with Crippen LogP contribution in [0.25, 0.3) is 0 Å². The molecule has 1 N–H and O–H groups in total. The molecule has 96 valence electrons. The number of nitrogens with zero attached hydrogens (tertiary/aromatic N) is 2. The van der Waals surface area contributed by atoms with Crippen LogP contribution in [0.15, 0.2) is 18.3 Å². The minimum atomic E-state index is -0.403. The third-order valence-corrected chi connectivity index (χ3v) is 2.79. The first-order valence-electron chi connectivity index (χ1n) is 5.72. The highest BCUT2D eigenvalue weighted by Gasteiger charge is 2.19. The molecule has 2 heterocycles. The predicted molar refractivity (Wildman–Crippen MR) is 63.9 cm³/mol. The Morgan fingerprint density at radius 1 is 1.61 bits per heavy atom. The van der Waals surface area contributed by atoms with Crippen LogP contribution in [0.2, 0.25) is 0 Å². The lowest BCUT2D eigenvalue weighted by Crippen LogP contribution is -2.47. The second-order valence-electron chi connectivity index (χ2n) is 4.05. The molecule has 0 aromatic carbocycles. The van der Waals surface area contributed by atoms with E-state index in [1.54, 1.807) is 18.3 Å². The zero-order chi connectivity index (χ0) is 13.0. The van der Waals surface area contributed by atoms with Gasteiger partial charge in [0.05, 0.1) is 24.9 Å². The molecule has 0 bridgehead atoms. The van der Waals surface area contributed by atoms with Crippen LogP contribution >= 0.6 is 0 Å². The smallest absolute Gasteiger partial charge is 0.339 e. The van der Waals surface area contributed by atoms with Gasteiger partial charge in [-0.25, -0.2) is 4.79 Å². The van der Waals surface area contributed by atoms with Gasteiger partial charge in [0.1, 0.15) is 0 Å². The molecular formula is C12H15N3O3. The largest absolute Gasteiger partial charge is 0.465 e. The second-order valence-corrected chi connectivity index (χ2v) is 4.05. The Labute approximate surface area is 105 Å². The van der Waals surface area contributed by atoms with Crippen molar-refractivity contribution in [2.45, 2.75) is 6.54 Å². The Balaban J connectivity index is 2.13. The Morgan fingerprint density at radius 3 is 3.17 bits per heavy atom. The molecule has 18 heavy (non-hydrogen) atoms. The first kappa shape index (κ1) is 12.5. The van der Waals surface area contributed by atoms with E-state index in [1.165, 1.54) is 7.11 Å². The first-order chi connectivity index (χ1) is 8.70. The number of pyridine rings is 1. The van der Waals surface area contributed by atoms with E-state index in [9.17, 15) is 9.59 Å². The summed E-state index contributed by atoms with van der Waals surface area (Å²) in [6, 6.07) is 3.37. The highest BCUT2D eigenvalue weighted by atomic mass is 16.5. The van der Waals surface area contributed by atoms with Crippen molar-refractivity contribution in [3.8, 4) is 0 Å². The number of carbonyl (C=O) groups is 2. The zero-order valence-electron chi connectivity index (χ0n) is 10.2. The maximum absolute atomic E-state index is 11.6. The lowest BCUT2D eigenvalue weighted by molar-refractivity contribution is -0.124. The highest BCUT2D eigenvalue weighted by molar-refractivity contribution is 5.90. The van der Waals surface area contributed by atoms with Crippen LogP contribution in [0.4, 0.5) is 0 Å². The van der Waals surface area contributed by atoms with E-state index in [2.05, 4.69) is 10.3 Å². The normalized spacial score (nSPS) is 16.2. The molecule has 1 aliphatic rings. The molecular weight excluding hydrogens is 234 g/mol. The average Bonchev–Trinajstić information content (AvgIpc) is 2.38. The lowest BCUT2D eigenvalue weighted by atomic mass is 10.1. The number of hydrogen-bond acceptors (Lipinski definition) is 5. The minimum absolute atomic E-state index is 0.00296. The van der Waals surface area contributed by atoms with Crippen LogP contribution in [0, 0.1) is 0 Å². The number of ether oxygens (including phenoxy) is 1. The fourth-order valence-corrected chi connectivity index (χ4v) is 1.90.